The molecule has 1 heteroatoms. The third kappa shape index (κ3) is 4.77. The van der Waals surface area contributed by atoms with Crippen LogP contribution in [0.5, 0.6) is 0 Å². The molecule has 0 aliphatic carbocycles. The van der Waals surface area contributed by atoms with Crippen molar-refractivity contribution in [3.05, 3.63) is 12.2 Å². The van der Waals surface area contributed by atoms with Crippen LogP contribution in [0.3, 0.4) is 0 Å². The molecule has 0 N–H and O–H groups in total. The largest absolute Gasteiger partial charge is 0.294 e. The second-order valence-corrected chi connectivity index (χ2v) is 4.22. The third-order valence-electron chi connectivity index (χ3n) is 1.37. The average Bonchev–Trinajstić information content (AvgIpc) is 1.80. The fourth-order valence-electron chi connectivity index (χ4n) is 0.530. The van der Waals surface area contributed by atoms with Crippen LogP contribution in [0.1, 0.15) is 34.6 Å². The van der Waals surface area contributed by atoms with Crippen LogP contribution in [0, 0.1) is 11.3 Å². The molecule has 0 aromatic rings. The Balaban J connectivity index is 4.09. The molecule has 0 heterocycles. The lowest BCUT2D eigenvalue weighted by Crippen LogP contribution is -2.17. The van der Waals surface area contributed by atoms with Crippen molar-refractivity contribution in [3.63, 3.8) is 0 Å². The van der Waals surface area contributed by atoms with Crippen LogP contribution >= 0.6 is 0 Å². The summed E-state index contributed by atoms with van der Waals surface area (Å²) in [6, 6.07) is 0. The van der Waals surface area contributed by atoms with Gasteiger partial charge in [-0.15, -0.1) is 0 Å². The quantitative estimate of drug-likeness (QED) is 0.559. The van der Waals surface area contributed by atoms with E-state index in [1.54, 1.807) is 6.08 Å². The van der Waals surface area contributed by atoms with Crippen molar-refractivity contribution in [2.24, 2.45) is 11.3 Å². The minimum Gasteiger partial charge on any atom is -0.294 e. The van der Waals surface area contributed by atoms with Gasteiger partial charge in [0.25, 0.3) is 0 Å². The monoisotopic (exact) mass is 154 g/mol. The Kier molecular flexibility index (Phi) is 3.50. The molecule has 11 heavy (non-hydrogen) atoms. The van der Waals surface area contributed by atoms with E-state index in [1.165, 1.54) is 0 Å². The predicted octanol–water partition coefficient (Wildman–Crippen LogP) is 2.81. The highest BCUT2D eigenvalue weighted by Crippen LogP contribution is 2.15. The number of hydrogen-bond acceptors (Lipinski definition) is 1. The number of rotatable bonds is 2. The van der Waals surface area contributed by atoms with Crippen LogP contribution in [0.25, 0.3) is 0 Å². The first-order chi connectivity index (χ1) is 4.84. The van der Waals surface area contributed by atoms with E-state index in [1.807, 2.05) is 26.8 Å². The molecule has 0 saturated carbocycles. The Morgan fingerprint density at radius 3 is 2.00 bits per heavy atom. The summed E-state index contributed by atoms with van der Waals surface area (Å²) in [4.78, 5) is 11.3. The number of carbonyl (C=O) groups is 1. The predicted molar refractivity (Wildman–Crippen MR) is 48.4 cm³/mol. The number of ketones is 1. The smallest absolute Gasteiger partial charge is 0.160 e. The molecule has 0 aromatic carbocycles. The molecule has 64 valence electrons. The highest BCUT2D eigenvalue weighted by atomic mass is 16.1. The van der Waals surface area contributed by atoms with Crippen molar-refractivity contribution in [1.82, 2.24) is 0 Å². The minimum absolute atomic E-state index is 0.200. The highest BCUT2D eigenvalue weighted by Gasteiger charge is 2.17. The van der Waals surface area contributed by atoms with Gasteiger partial charge in [-0.2, -0.15) is 0 Å². The molecule has 0 unspecified atom stereocenters. The van der Waals surface area contributed by atoms with E-state index in [4.69, 9.17) is 0 Å². The van der Waals surface area contributed by atoms with Crippen molar-refractivity contribution in [2.75, 3.05) is 0 Å². The summed E-state index contributed by atoms with van der Waals surface area (Å²) in [5.41, 5.74) is -0.231. The van der Waals surface area contributed by atoms with Crippen LogP contribution in [-0.2, 0) is 4.79 Å². The van der Waals surface area contributed by atoms with Crippen LogP contribution in [0.15, 0.2) is 12.2 Å². The van der Waals surface area contributed by atoms with E-state index in [0.717, 1.165) is 0 Å². The van der Waals surface area contributed by atoms with Crippen molar-refractivity contribution >= 4 is 5.78 Å². The lowest BCUT2D eigenvalue weighted by Gasteiger charge is -2.13. The second kappa shape index (κ2) is 3.70. The molecular weight excluding hydrogens is 136 g/mol. The zero-order chi connectivity index (χ0) is 9.07. The Labute approximate surface area is 69.5 Å². The van der Waals surface area contributed by atoms with Gasteiger partial charge in [0.1, 0.15) is 0 Å². The molecule has 0 spiro atoms. The first kappa shape index (κ1) is 10.4. The summed E-state index contributed by atoms with van der Waals surface area (Å²) >= 11 is 0. The van der Waals surface area contributed by atoms with E-state index in [2.05, 4.69) is 13.8 Å². The van der Waals surface area contributed by atoms with E-state index < -0.39 is 0 Å². The summed E-state index contributed by atoms with van der Waals surface area (Å²) < 4.78 is 0. The molecule has 0 aromatic heterocycles. The summed E-state index contributed by atoms with van der Waals surface area (Å²) in [6.45, 7) is 9.92. The Hall–Kier alpha value is -0.590. The second-order valence-electron chi connectivity index (χ2n) is 4.22. The summed E-state index contributed by atoms with van der Waals surface area (Å²) in [6.07, 6.45) is 3.62. The molecule has 0 aliphatic rings. The minimum atomic E-state index is -0.231. The van der Waals surface area contributed by atoms with Gasteiger partial charge in [0.15, 0.2) is 5.78 Å². The lowest BCUT2D eigenvalue weighted by atomic mass is 9.90. The van der Waals surface area contributed by atoms with Gasteiger partial charge in [0.2, 0.25) is 0 Å². The van der Waals surface area contributed by atoms with Gasteiger partial charge in [-0.25, -0.2) is 0 Å². The van der Waals surface area contributed by atoms with Gasteiger partial charge in [0, 0.05) is 5.41 Å². The van der Waals surface area contributed by atoms with E-state index in [-0.39, 0.29) is 11.2 Å². The van der Waals surface area contributed by atoms with Crippen LogP contribution in [0.2, 0.25) is 0 Å². The highest BCUT2D eigenvalue weighted by molar-refractivity contribution is 5.93. The lowest BCUT2D eigenvalue weighted by molar-refractivity contribution is -0.121. The molecule has 0 saturated heterocycles. The van der Waals surface area contributed by atoms with Gasteiger partial charge < -0.3 is 0 Å². The zero-order valence-electron chi connectivity index (χ0n) is 8.14. The van der Waals surface area contributed by atoms with Crippen LogP contribution < -0.4 is 0 Å². The normalized spacial score (nSPS) is 12.9. The number of allylic oxidation sites excluding steroid dienone is 2. The van der Waals surface area contributed by atoms with E-state index in [9.17, 15) is 4.79 Å². The van der Waals surface area contributed by atoms with Crippen LogP contribution in [0.4, 0.5) is 0 Å². The van der Waals surface area contributed by atoms with E-state index >= 15 is 0 Å². The molecule has 0 rings (SSSR count). The third-order valence-corrected chi connectivity index (χ3v) is 1.37. The number of carbonyl (C=O) groups excluding carboxylic acids is 1. The number of hydrogen-bond donors (Lipinski definition) is 0. The van der Waals surface area contributed by atoms with E-state index in [0.29, 0.717) is 5.92 Å². The maximum absolute atomic E-state index is 11.3. The first-order valence-electron chi connectivity index (χ1n) is 4.06. The maximum Gasteiger partial charge on any atom is 0.160 e. The Morgan fingerprint density at radius 1 is 1.27 bits per heavy atom. The fraction of sp³-hybridized carbons (Fsp3) is 0.700. The van der Waals surface area contributed by atoms with Crippen LogP contribution in [-0.4, -0.2) is 5.78 Å². The molecule has 0 aliphatic heterocycles. The SMILES string of the molecule is CC(C)/C=C/C(=O)C(C)(C)C. The van der Waals surface area contributed by atoms with Crippen molar-refractivity contribution in [2.45, 2.75) is 34.6 Å². The standard InChI is InChI=1S/C10H18O/c1-8(2)6-7-9(11)10(3,4)5/h6-8H,1-5H3/b7-6+. The molecule has 1 nitrogen and oxygen atoms in total. The molecule has 0 fully saturated rings. The molecular formula is C10H18O. The topological polar surface area (TPSA) is 17.1 Å². The molecule has 0 amide bonds. The average molecular weight is 154 g/mol. The first-order valence-corrected chi connectivity index (χ1v) is 4.06. The molecule has 0 bridgehead atoms. The Morgan fingerprint density at radius 2 is 1.73 bits per heavy atom. The fourth-order valence-corrected chi connectivity index (χ4v) is 0.530. The Bertz CT molecular complexity index is 158. The van der Waals surface area contributed by atoms with Gasteiger partial charge >= 0.3 is 0 Å². The van der Waals surface area contributed by atoms with Gasteiger partial charge in [0.05, 0.1) is 0 Å². The maximum atomic E-state index is 11.3. The summed E-state index contributed by atoms with van der Waals surface area (Å²) in [7, 11) is 0. The molecule has 0 atom stereocenters. The molecule has 0 radical (unpaired) electrons. The zero-order valence-corrected chi connectivity index (χ0v) is 8.14. The van der Waals surface area contributed by atoms with Crippen molar-refractivity contribution < 1.29 is 4.79 Å². The van der Waals surface area contributed by atoms with Crippen molar-refractivity contribution in [3.8, 4) is 0 Å². The van der Waals surface area contributed by atoms with Gasteiger partial charge in [-0.05, 0) is 12.0 Å². The summed E-state index contributed by atoms with van der Waals surface area (Å²) in [5.74, 6) is 0.660. The van der Waals surface area contributed by atoms with Crippen molar-refractivity contribution in [1.29, 1.82) is 0 Å². The summed E-state index contributed by atoms with van der Waals surface area (Å²) in [5, 5.41) is 0. The van der Waals surface area contributed by atoms with Gasteiger partial charge in [-0.1, -0.05) is 40.7 Å². The van der Waals surface area contributed by atoms with Gasteiger partial charge in [-0.3, -0.25) is 4.79 Å².